The summed E-state index contributed by atoms with van der Waals surface area (Å²) in [6.07, 6.45) is 1.59. The molecule has 0 fully saturated rings. The number of rotatable bonds is 3. The molecule has 1 heteroatoms. The molecule has 0 bridgehead atoms. The van der Waals surface area contributed by atoms with Crippen LogP contribution < -0.4 is 0 Å². The molecule has 1 atom stereocenters. The van der Waals surface area contributed by atoms with Crippen molar-refractivity contribution in [3.63, 3.8) is 0 Å². The first kappa shape index (κ1) is 8.28. The molecular weight excluding hydrogens is 136 g/mol. The molecule has 0 aromatic heterocycles. The van der Waals surface area contributed by atoms with Gasteiger partial charge in [0.05, 0.1) is 6.10 Å². The van der Waals surface area contributed by atoms with E-state index < -0.39 is 0 Å². The van der Waals surface area contributed by atoms with E-state index in [0.717, 1.165) is 12.8 Å². The molecular formula is C10H13O. The van der Waals surface area contributed by atoms with Gasteiger partial charge in [-0.15, -0.1) is 0 Å². The minimum atomic E-state index is -0.195. The fraction of sp³-hybridized carbons (Fsp3) is 0.400. The quantitative estimate of drug-likeness (QED) is 0.694. The van der Waals surface area contributed by atoms with Crippen molar-refractivity contribution in [3.05, 3.63) is 35.9 Å². The maximum Gasteiger partial charge on any atom is 0.0515 e. The summed E-state index contributed by atoms with van der Waals surface area (Å²) in [5.41, 5.74) is 1.27. The molecule has 0 spiro atoms. The Balaban J connectivity index is 2.39. The lowest BCUT2D eigenvalue weighted by molar-refractivity contribution is 0.185. The van der Waals surface area contributed by atoms with Crippen LogP contribution in [0.25, 0.3) is 0 Å². The highest BCUT2D eigenvalue weighted by molar-refractivity contribution is 5.13. The Labute approximate surface area is 67.7 Å². The summed E-state index contributed by atoms with van der Waals surface area (Å²) in [6, 6.07) is 10.8. The molecule has 0 heterocycles. The second-order valence-corrected chi connectivity index (χ2v) is 2.80. The van der Waals surface area contributed by atoms with Crippen LogP contribution in [0.15, 0.2) is 24.3 Å². The van der Waals surface area contributed by atoms with Gasteiger partial charge in [0.2, 0.25) is 0 Å². The van der Waals surface area contributed by atoms with Gasteiger partial charge in [-0.05, 0) is 31.4 Å². The van der Waals surface area contributed by atoms with Gasteiger partial charge >= 0.3 is 0 Å². The summed E-state index contributed by atoms with van der Waals surface area (Å²) >= 11 is 0. The standard InChI is InChI=1S/C10H13O/c1-9(11)7-8-10-5-3-2-4-6-10/h3-6,9,11H,7-8H2,1H3. The monoisotopic (exact) mass is 149 g/mol. The van der Waals surface area contributed by atoms with E-state index in [-0.39, 0.29) is 6.10 Å². The topological polar surface area (TPSA) is 20.2 Å². The van der Waals surface area contributed by atoms with Gasteiger partial charge in [0, 0.05) is 0 Å². The van der Waals surface area contributed by atoms with Crippen molar-refractivity contribution in [2.75, 3.05) is 0 Å². The van der Waals surface area contributed by atoms with Crippen LogP contribution in [0.5, 0.6) is 0 Å². The summed E-state index contributed by atoms with van der Waals surface area (Å²) in [7, 11) is 0. The summed E-state index contributed by atoms with van der Waals surface area (Å²) < 4.78 is 0. The van der Waals surface area contributed by atoms with Crippen molar-refractivity contribution >= 4 is 0 Å². The van der Waals surface area contributed by atoms with Crippen molar-refractivity contribution in [1.82, 2.24) is 0 Å². The van der Waals surface area contributed by atoms with Crippen molar-refractivity contribution in [2.45, 2.75) is 25.9 Å². The van der Waals surface area contributed by atoms with Gasteiger partial charge in [0.15, 0.2) is 0 Å². The van der Waals surface area contributed by atoms with Crippen LogP contribution in [-0.4, -0.2) is 11.2 Å². The molecule has 59 valence electrons. The van der Waals surface area contributed by atoms with E-state index in [1.165, 1.54) is 5.56 Å². The SMILES string of the molecule is CC(O)CCc1cc[c]cc1. The van der Waals surface area contributed by atoms with E-state index >= 15 is 0 Å². The fourth-order valence-corrected chi connectivity index (χ4v) is 0.964. The molecule has 1 radical (unpaired) electrons. The fourth-order valence-electron chi connectivity index (χ4n) is 0.964. The zero-order chi connectivity index (χ0) is 8.10. The van der Waals surface area contributed by atoms with Crippen molar-refractivity contribution < 1.29 is 5.11 Å². The van der Waals surface area contributed by atoms with E-state index in [1.54, 1.807) is 0 Å². The van der Waals surface area contributed by atoms with E-state index in [0.29, 0.717) is 0 Å². The highest BCUT2D eigenvalue weighted by atomic mass is 16.3. The minimum Gasteiger partial charge on any atom is -0.393 e. The third-order valence-electron chi connectivity index (χ3n) is 1.64. The maximum absolute atomic E-state index is 9.01. The van der Waals surface area contributed by atoms with Gasteiger partial charge in [-0.25, -0.2) is 0 Å². The Morgan fingerprint density at radius 3 is 2.64 bits per heavy atom. The first-order valence-electron chi connectivity index (χ1n) is 3.92. The van der Waals surface area contributed by atoms with Crippen LogP contribution in [0, 0.1) is 6.07 Å². The summed E-state index contributed by atoms with van der Waals surface area (Å²) in [6.45, 7) is 1.81. The van der Waals surface area contributed by atoms with E-state index in [1.807, 2.05) is 31.2 Å². The Morgan fingerprint density at radius 1 is 1.45 bits per heavy atom. The van der Waals surface area contributed by atoms with E-state index in [4.69, 9.17) is 5.11 Å². The van der Waals surface area contributed by atoms with Crippen LogP contribution in [0.3, 0.4) is 0 Å². The molecule has 0 saturated carbocycles. The second-order valence-electron chi connectivity index (χ2n) is 2.80. The van der Waals surface area contributed by atoms with Crippen LogP contribution >= 0.6 is 0 Å². The van der Waals surface area contributed by atoms with Gasteiger partial charge in [0.25, 0.3) is 0 Å². The Hall–Kier alpha value is -0.820. The molecule has 1 N–H and O–H groups in total. The van der Waals surface area contributed by atoms with E-state index in [9.17, 15) is 0 Å². The van der Waals surface area contributed by atoms with Crippen LogP contribution in [-0.2, 0) is 6.42 Å². The van der Waals surface area contributed by atoms with Crippen LogP contribution in [0.2, 0.25) is 0 Å². The van der Waals surface area contributed by atoms with Gasteiger partial charge in [-0.2, -0.15) is 0 Å². The molecule has 0 aliphatic rings. The third kappa shape index (κ3) is 3.19. The predicted octanol–water partition coefficient (Wildman–Crippen LogP) is 1.80. The van der Waals surface area contributed by atoms with Crippen molar-refractivity contribution in [3.8, 4) is 0 Å². The van der Waals surface area contributed by atoms with Gasteiger partial charge in [-0.1, -0.05) is 24.3 Å². The maximum atomic E-state index is 9.01. The number of hydrogen-bond acceptors (Lipinski definition) is 1. The zero-order valence-corrected chi connectivity index (χ0v) is 6.75. The summed E-state index contributed by atoms with van der Waals surface area (Å²) in [4.78, 5) is 0. The lowest BCUT2D eigenvalue weighted by Crippen LogP contribution is -2.00. The summed E-state index contributed by atoms with van der Waals surface area (Å²) in [5.74, 6) is 0. The number of hydrogen-bond donors (Lipinski definition) is 1. The normalized spacial score (nSPS) is 12.9. The van der Waals surface area contributed by atoms with Gasteiger partial charge in [-0.3, -0.25) is 0 Å². The molecule has 11 heavy (non-hydrogen) atoms. The first-order valence-corrected chi connectivity index (χ1v) is 3.92. The molecule has 1 rings (SSSR count). The largest absolute Gasteiger partial charge is 0.393 e. The average molecular weight is 149 g/mol. The second kappa shape index (κ2) is 4.14. The third-order valence-corrected chi connectivity index (χ3v) is 1.64. The molecule has 0 aliphatic carbocycles. The van der Waals surface area contributed by atoms with Crippen LogP contribution in [0.1, 0.15) is 18.9 Å². The van der Waals surface area contributed by atoms with Gasteiger partial charge in [0.1, 0.15) is 0 Å². The first-order chi connectivity index (χ1) is 5.29. The van der Waals surface area contributed by atoms with Crippen LogP contribution in [0.4, 0.5) is 0 Å². The van der Waals surface area contributed by atoms with E-state index in [2.05, 4.69) is 6.07 Å². The Bertz CT molecular complexity index is 191. The Morgan fingerprint density at radius 2 is 2.09 bits per heavy atom. The molecule has 1 aromatic carbocycles. The molecule has 0 saturated heterocycles. The molecule has 0 amide bonds. The highest BCUT2D eigenvalue weighted by Gasteiger charge is 1.95. The summed E-state index contributed by atoms with van der Waals surface area (Å²) in [5, 5.41) is 9.01. The Kier molecular flexibility index (Phi) is 3.12. The average Bonchev–Trinajstić information content (AvgIpc) is 2.03. The molecule has 1 aromatic rings. The van der Waals surface area contributed by atoms with Crippen molar-refractivity contribution in [1.29, 1.82) is 0 Å². The molecule has 1 unspecified atom stereocenters. The smallest absolute Gasteiger partial charge is 0.0515 e. The number of aliphatic hydroxyl groups is 1. The zero-order valence-electron chi connectivity index (χ0n) is 6.75. The van der Waals surface area contributed by atoms with Gasteiger partial charge < -0.3 is 5.11 Å². The molecule has 0 aliphatic heterocycles. The minimum absolute atomic E-state index is 0.195. The molecule has 1 nitrogen and oxygen atoms in total. The highest BCUT2D eigenvalue weighted by Crippen LogP contribution is 2.03. The van der Waals surface area contributed by atoms with Crippen molar-refractivity contribution in [2.24, 2.45) is 0 Å². The number of benzene rings is 1. The number of aryl methyl sites for hydroxylation is 1. The lowest BCUT2D eigenvalue weighted by atomic mass is 10.1. The predicted molar refractivity (Wildman–Crippen MR) is 45.3 cm³/mol. The number of aliphatic hydroxyl groups excluding tert-OH is 1. The lowest BCUT2D eigenvalue weighted by Gasteiger charge is -2.02.